The van der Waals surface area contributed by atoms with Gasteiger partial charge in [-0.15, -0.1) is 0 Å². The summed E-state index contributed by atoms with van der Waals surface area (Å²) in [5.41, 5.74) is -2.00. The van der Waals surface area contributed by atoms with Crippen molar-refractivity contribution in [3.05, 3.63) is 33.1 Å². The Labute approximate surface area is 204 Å². The zero-order chi connectivity index (χ0) is 25.9. The van der Waals surface area contributed by atoms with Gasteiger partial charge in [0.15, 0.2) is 28.5 Å². The van der Waals surface area contributed by atoms with E-state index in [0.29, 0.717) is 0 Å². The summed E-state index contributed by atoms with van der Waals surface area (Å²) in [6.07, 6.45) is -1.09. The number of aromatic nitrogens is 2. The van der Waals surface area contributed by atoms with Gasteiger partial charge in [0, 0.05) is 12.3 Å². The maximum atomic E-state index is 12.7. The van der Waals surface area contributed by atoms with Crippen molar-refractivity contribution >= 4 is 16.6 Å². The molecule has 1 aromatic heterocycles. The number of hydrogen-bond acceptors (Lipinski definition) is 7. The summed E-state index contributed by atoms with van der Waals surface area (Å²) in [4.78, 5) is 26.7. The van der Waals surface area contributed by atoms with E-state index >= 15 is 0 Å². The van der Waals surface area contributed by atoms with Crippen LogP contribution in [0.4, 0.5) is 0 Å². The molecule has 1 spiro atoms. The van der Waals surface area contributed by atoms with Crippen LogP contribution in [0.1, 0.15) is 47.8 Å². The van der Waals surface area contributed by atoms with E-state index in [1.807, 2.05) is 0 Å². The van der Waals surface area contributed by atoms with E-state index in [0.717, 1.165) is 0 Å². The third-order valence-electron chi connectivity index (χ3n) is 8.22. The second-order valence-corrected chi connectivity index (χ2v) is 22.1. The van der Waals surface area contributed by atoms with E-state index in [1.165, 1.54) is 16.8 Å². The van der Waals surface area contributed by atoms with E-state index in [9.17, 15) is 14.7 Å². The third-order valence-corrected chi connectivity index (χ3v) is 17.2. The summed E-state index contributed by atoms with van der Waals surface area (Å²) in [7, 11) is -4.45. The largest absolute Gasteiger partial charge is 0.414 e. The van der Waals surface area contributed by atoms with Gasteiger partial charge >= 0.3 is 5.69 Å². The smallest absolute Gasteiger partial charge is 0.330 e. The first-order valence-electron chi connectivity index (χ1n) is 11.9. The van der Waals surface area contributed by atoms with Crippen LogP contribution in [-0.4, -0.2) is 68.4 Å². The highest BCUT2D eigenvalue weighted by Gasteiger charge is 2.74. The molecule has 11 heteroatoms. The zero-order valence-electron chi connectivity index (χ0n) is 22.2. The number of H-pyrrole nitrogens is 1. The number of hydrogen-bond donors (Lipinski definition) is 2. The number of aliphatic hydroxyl groups excluding tert-OH is 1. The highest BCUT2D eigenvalue weighted by molar-refractivity contribution is 6.74. The normalized spacial score (nSPS) is 30.2. The first-order chi connectivity index (χ1) is 15.4. The lowest BCUT2D eigenvalue weighted by Crippen LogP contribution is -2.52. The van der Waals surface area contributed by atoms with Gasteiger partial charge < -0.3 is 23.4 Å². The van der Waals surface area contributed by atoms with Gasteiger partial charge in [0.1, 0.15) is 18.3 Å². The van der Waals surface area contributed by atoms with Gasteiger partial charge in [-0.3, -0.25) is 14.3 Å². The quantitative estimate of drug-likeness (QED) is 0.424. The van der Waals surface area contributed by atoms with Gasteiger partial charge in [0.2, 0.25) is 0 Å². The highest BCUT2D eigenvalue weighted by Crippen LogP contribution is 2.56. The molecule has 0 radical (unpaired) electrons. The van der Waals surface area contributed by atoms with E-state index in [4.69, 9.17) is 18.3 Å². The first-order valence-corrected chi connectivity index (χ1v) is 17.8. The van der Waals surface area contributed by atoms with Crippen molar-refractivity contribution in [2.24, 2.45) is 0 Å². The molecule has 0 aliphatic carbocycles. The average molecular weight is 515 g/mol. The summed E-state index contributed by atoms with van der Waals surface area (Å²) < 4.78 is 27.3. The molecule has 5 unspecified atom stereocenters. The minimum absolute atomic E-state index is 0.00581. The average Bonchev–Trinajstić information content (AvgIpc) is 3.33. The fraction of sp³-hybridized carbons (Fsp3) is 0.826. The predicted octanol–water partition coefficient (Wildman–Crippen LogP) is 2.98. The molecule has 2 fully saturated rings. The van der Waals surface area contributed by atoms with Gasteiger partial charge in [0.05, 0.1) is 13.2 Å². The fourth-order valence-corrected chi connectivity index (χ4v) is 6.12. The summed E-state index contributed by atoms with van der Waals surface area (Å²) in [5.74, 6) is 0. The van der Waals surface area contributed by atoms with E-state index in [1.54, 1.807) is 0 Å². The molecule has 2 saturated heterocycles. The van der Waals surface area contributed by atoms with Crippen LogP contribution in [0.3, 0.4) is 0 Å². The van der Waals surface area contributed by atoms with Crippen LogP contribution in [-0.2, 0) is 18.3 Å². The van der Waals surface area contributed by atoms with E-state index in [2.05, 4.69) is 72.7 Å². The van der Waals surface area contributed by atoms with Gasteiger partial charge in [-0.1, -0.05) is 41.5 Å². The molecule has 34 heavy (non-hydrogen) atoms. The molecule has 2 N–H and O–H groups in total. The van der Waals surface area contributed by atoms with Gasteiger partial charge in [0.25, 0.3) is 5.56 Å². The number of ether oxygens (including phenoxy) is 2. The Balaban J connectivity index is 2.04. The molecule has 0 bridgehead atoms. The monoisotopic (exact) mass is 514 g/mol. The fourth-order valence-electron chi connectivity index (χ4n) is 3.83. The molecule has 5 atom stereocenters. The van der Waals surface area contributed by atoms with Crippen LogP contribution < -0.4 is 11.2 Å². The molecular weight excluding hydrogens is 472 g/mol. The molecule has 0 amide bonds. The standard InChI is InChI=1S/C23H42N2O7Si2/c1-21(2,3)33(7,8)29-14-16-23(15(13-26)31-23)18(32-34(9,10)22(4,5)6)19(30-16)25-12-11-17(27)24-20(25)28/h11-12,15-16,18-19,26H,13-14H2,1-10H3,(H,24,27,28). The van der Waals surface area contributed by atoms with Crippen molar-refractivity contribution in [2.75, 3.05) is 13.2 Å². The number of aromatic amines is 1. The molecule has 3 heterocycles. The Morgan fingerprint density at radius 3 is 2.12 bits per heavy atom. The Morgan fingerprint density at radius 2 is 1.65 bits per heavy atom. The summed E-state index contributed by atoms with van der Waals surface area (Å²) in [6.45, 7) is 21.6. The Kier molecular flexibility index (Phi) is 7.11. The topological polar surface area (TPSA) is 115 Å². The van der Waals surface area contributed by atoms with Crippen LogP contribution in [0.2, 0.25) is 36.3 Å². The highest BCUT2D eigenvalue weighted by atomic mass is 28.4. The number of nitrogens with one attached hydrogen (secondary N) is 1. The van der Waals surface area contributed by atoms with Gasteiger partial charge in [-0.25, -0.2) is 4.79 Å². The van der Waals surface area contributed by atoms with Crippen LogP contribution in [0.5, 0.6) is 0 Å². The second-order valence-electron chi connectivity index (χ2n) is 12.5. The van der Waals surface area contributed by atoms with Crippen molar-refractivity contribution in [2.45, 2.75) is 108 Å². The summed E-state index contributed by atoms with van der Waals surface area (Å²) in [5, 5.41) is 9.96. The number of aliphatic hydroxyl groups is 1. The molecule has 2 aliphatic rings. The molecule has 3 rings (SSSR count). The van der Waals surface area contributed by atoms with Crippen LogP contribution in [0.15, 0.2) is 21.9 Å². The number of epoxide rings is 1. The molecule has 9 nitrogen and oxygen atoms in total. The van der Waals surface area contributed by atoms with Crippen molar-refractivity contribution < 1.29 is 23.4 Å². The Hall–Kier alpha value is -1.09. The number of nitrogens with zero attached hydrogens (tertiary/aromatic N) is 1. The van der Waals surface area contributed by atoms with Crippen molar-refractivity contribution in [1.82, 2.24) is 9.55 Å². The Bertz CT molecular complexity index is 1010. The Morgan fingerprint density at radius 1 is 1.06 bits per heavy atom. The van der Waals surface area contributed by atoms with Crippen molar-refractivity contribution in [1.29, 1.82) is 0 Å². The van der Waals surface area contributed by atoms with Crippen LogP contribution >= 0.6 is 0 Å². The van der Waals surface area contributed by atoms with E-state index in [-0.39, 0.29) is 23.3 Å². The lowest BCUT2D eigenvalue weighted by Gasteiger charge is -2.40. The lowest BCUT2D eigenvalue weighted by molar-refractivity contribution is -0.0498. The summed E-state index contributed by atoms with van der Waals surface area (Å²) in [6, 6.07) is 1.29. The third kappa shape index (κ3) is 4.80. The molecular formula is C23H42N2O7Si2. The maximum absolute atomic E-state index is 12.7. The van der Waals surface area contributed by atoms with Crippen LogP contribution in [0, 0.1) is 0 Å². The minimum atomic E-state index is -2.34. The minimum Gasteiger partial charge on any atom is -0.414 e. The number of rotatable bonds is 7. The zero-order valence-corrected chi connectivity index (χ0v) is 24.2. The van der Waals surface area contributed by atoms with Crippen molar-refractivity contribution in [3.8, 4) is 0 Å². The molecule has 1 aromatic rings. The van der Waals surface area contributed by atoms with Crippen molar-refractivity contribution in [3.63, 3.8) is 0 Å². The predicted molar refractivity (Wildman–Crippen MR) is 135 cm³/mol. The van der Waals surface area contributed by atoms with Gasteiger partial charge in [-0.2, -0.15) is 0 Å². The van der Waals surface area contributed by atoms with Crippen LogP contribution in [0.25, 0.3) is 0 Å². The van der Waals surface area contributed by atoms with Gasteiger partial charge in [-0.05, 0) is 36.3 Å². The SMILES string of the molecule is CC(C)(C)[Si](C)(C)OCC1OC(n2ccc(=O)[nH]c2=O)C(O[Si](C)(C)C(C)(C)C)C12OC2CO. The first kappa shape index (κ1) is 27.5. The molecule has 194 valence electrons. The molecule has 0 aromatic carbocycles. The maximum Gasteiger partial charge on any atom is 0.330 e. The second kappa shape index (κ2) is 8.79. The molecule has 2 aliphatic heterocycles. The summed E-state index contributed by atoms with van der Waals surface area (Å²) >= 11 is 0. The molecule has 0 saturated carbocycles. The lowest BCUT2D eigenvalue weighted by atomic mass is 9.94. The van der Waals surface area contributed by atoms with E-state index < -0.39 is 58.0 Å².